The molecule has 1 aliphatic heterocycles. The molecule has 0 saturated carbocycles. The van der Waals surface area contributed by atoms with Gasteiger partial charge in [-0.05, 0) is 13.0 Å². The van der Waals surface area contributed by atoms with Crippen LogP contribution in [0.25, 0.3) is 0 Å². The van der Waals surface area contributed by atoms with Gasteiger partial charge in [0.25, 0.3) is 11.6 Å². The number of hydrogen-bond donors (Lipinski definition) is 2. The van der Waals surface area contributed by atoms with Gasteiger partial charge in [-0.1, -0.05) is 12.1 Å². The molecular formula is C14H18N2O5. The third-order valence-electron chi connectivity index (χ3n) is 3.67. The van der Waals surface area contributed by atoms with Gasteiger partial charge in [0, 0.05) is 38.2 Å². The summed E-state index contributed by atoms with van der Waals surface area (Å²) in [5.41, 5.74) is -0.769. The van der Waals surface area contributed by atoms with E-state index in [1.807, 2.05) is 0 Å². The maximum atomic E-state index is 12.1. The molecule has 21 heavy (non-hydrogen) atoms. The number of benzene rings is 1. The molecule has 1 amide bonds. The van der Waals surface area contributed by atoms with E-state index in [-0.39, 0.29) is 17.8 Å². The minimum atomic E-state index is -1.01. The Kier molecular flexibility index (Phi) is 4.54. The molecule has 7 nitrogen and oxygen atoms in total. The number of ether oxygens (including phenoxy) is 1. The fraction of sp³-hybridized carbons (Fsp3) is 0.500. The Morgan fingerprint density at radius 3 is 2.76 bits per heavy atom. The van der Waals surface area contributed by atoms with E-state index in [2.05, 4.69) is 5.32 Å². The summed E-state index contributed by atoms with van der Waals surface area (Å²) in [5.74, 6) is -0.551. The van der Waals surface area contributed by atoms with Crippen molar-refractivity contribution in [3.05, 3.63) is 39.4 Å². The van der Waals surface area contributed by atoms with E-state index in [4.69, 9.17) is 4.74 Å². The lowest BCUT2D eigenvalue weighted by Gasteiger charge is -2.32. The number of hydrogen-bond acceptors (Lipinski definition) is 5. The van der Waals surface area contributed by atoms with E-state index in [1.165, 1.54) is 6.07 Å². The highest BCUT2D eigenvalue weighted by Crippen LogP contribution is 2.24. The molecule has 2 rings (SSSR count). The van der Waals surface area contributed by atoms with Crippen molar-refractivity contribution < 1.29 is 19.6 Å². The molecule has 0 unspecified atom stereocenters. The van der Waals surface area contributed by atoms with Crippen LogP contribution in [0.4, 0.5) is 5.69 Å². The predicted molar refractivity (Wildman–Crippen MR) is 75.2 cm³/mol. The van der Waals surface area contributed by atoms with E-state index >= 15 is 0 Å². The van der Waals surface area contributed by atoms with Crippen LogP contribution in [0.1, 0.15) is 28.8 Å². The minimum absolute atomic E-state index is 0.00987. The van der Waals surface area contributed by atoms with Gasteiger partial charge in [-0.25, -0.2) is 0 Å². The SMILES string of the molecule is Cc1cccc(C(=O)NCC2(O)CCOCC2)c1[N+](=O)[O-]. The number of aliphatic hydroxyl groups is 1. The number of rotatable bonds is 4. The summed E-state index contributed by atoms with van der Waals surface area (Å²) in [6, 6.07) is 4.59. The molecule has 1 aromatic rings. The van der Waals surface area contributed by atoms with Crippen LogP contribution in [-0.2, 0) is 4.74 Å². The number of carbonyl (C=O) groups is 1. The summed E-state index contributed by atoms with van der Waals surface area (Å²) in [5, 5.41) is 23.9. The number of nitrogens with one attached hydrogen (secondary N) is 1. The normalized spacial score (nSPS) is 17.2. The third kappa shape index (κ3) is 3.56. The first-order chi connectivity index (χ1) is 9.93. The zero-order chi connectivity index (χ0) is 15.5. The van der Waals surface area contributed by atoms with Crippen LogP contribution < -0.4 is 5.32 Å². The first-order valence-corrected chi connectivity index (χ1v) is 6.75. The number of nitro benzene ring substituents is 1. The van der Waals surface area contributed by atoms with E-state index in [0.29, 0.717) is 31.6 Å². The van der Waals surface area contributed by atoms with Crippen LogP contribution in [0.5, 0.6) is 0 Å². The zero-order valence-corrected chi connectivity index (χ0v) is 11.8. The van der Waals surface area contributed by atoms with Crippen LogP contribution in [0, 0.1) is 17.0 Å². The van der Waals surface area contributed by atoms with Crippen molar-refractivity contribution in [1.29, 1.82) is 0 Å². The second-order valence-corrected chi connectivity index (χ2v) is 5.25. The summed E-state index contributed by atoms with van der Waals surface area (Å²) in [6.07, 6.45) is 0.867. The van der Waals surface area contributed by atoms with Crippen molar-refractivity contribution in [2.75, 3.05) is 19.8 Å². The largest absolute Gasteiger partial charge is 0.388 e. The van der Waals surface area contributed by atoms with Crippen LogP contribution in [0.2, 0.25) is 0 Å². The molecule has 0 aromatic heterocycles. The molecule has 0 aliphatic carbocycles. The van der Waals surface area contributed by atoms with E-state index in [1.54, 1.807) is 19.1 Å². The highest BCUT2D eigenvalue weighted by molar-refractivity contribution is 5.98. The van der Waals surface area contributed by atoms with Crippen LogP contribution in [0.3, 0.4) is 0 Å². The Balaban J connectivity index is 2.10. The van der Waals surface area contributed by atoms with Crippen molar-refractivity contribution in [2.24, 2.45) is 0 Å². The van der Waals surface area contributed by atoms with E-state index in [0.717, 1.165) is 0 Å². The van der Waals surface area contributed by atoms with Crippen molar-refractivity contribution in [3.8, 4) is 0 Å². The van der Waals surface area contributed by atoms with Gasteiger partial charge in [-0.3, -0.25) is 14.9 Å². The van der Waals surface area contributed by atoms with E-state index in [9.17, 15) is 20.0 Å². The van der Waals surface area contributed by atoms with Gasteiger partial charge in [-0.15, -0.1) is 0 Å². The maximum absolute atomic E-state index is 12.1. The Morgan fingerprint density at radius 2 is 2.14 bits per heavy atom. The Bertz CT molecular complexity index is 552. The lowest BCUT2D eigenvalue weighted by Crippen LogP contribution is -2.46. The summed E-state index contributed by atoms with van der Waals surface area (Å²) in [7, 11) is 0. The lowest BCUT2D eigenvalue weighted by molar-refractivity contribution is -0.385. The minimum Gasteiger partial charge on any atom is -0.388 e. The number of amides is 1. The second kappa shape index (κ2) is 6.19. The van der Waals surface area contributed by atoms with Gasteiger partial charge in [0.2, 0.25) is 0 Å². The van der Waals surface area contributed by atoms with Crippen molar-refractivity contribution >= 4 is 11.6 Å². The van der Waals surface area contributed by atoms with Gasteiger partial charge >= 0.3 is 0 Å². The monoisotopic (exact) mass is 294 g/mol. The molecule has 1 saturated heterocycles. The molecule has 0 bridgehead atoms. The standard InChI is InChI=1S/C14H18N2O5/c1-10-3-2-4-11(12(10)16(19)20)13(17)15-9-14(18)5-7-21-8-6-14/h2-4,18H,5-9H2,1H3,(H,15,17). The Labute approximate surface area is 122 Å². The fourth-order valence-corrected chi connectivity index (χ4v) is 2.35. The molecule has 1 aromatic carbocycles. The molecule has 0 atom stereocenters. The number of carbonyl (C=O) groups excluding carboxylic acids is 1. The highest BCUT2D eigenvalue weighted by Gasteiger charge is 2.31. The zero-order valence-electron chi connectivity index (χ0n) is 11.8. The molecule has 0 radical (unpaired) electrons. The first-order valence-electron chi connectivity index (χ1n) is 6.75. The van der Waals surface area contributed by atoms with Gasteiger partial charge in [0.05, 0.1) is 10.5 Å². The third-order valence-corrected chi connectivity index (χ3v) is 3.67. The number of nitrogens with zero attached hydrogens (tertiary/aromatic N) is 1. The lowest BCUT2D eigenvalue weighted by atomic mass is 9.94. The molecule has 0 spiro atoms. The van der Waals surface area contributed by atoms with Crippen molar-refractivity contribution in [1.82, 2.24) is 5.32 Å². The smallest absolute Gasteiger partial charge is 0.285 e. The second-order valence-electron chi connectivity index (χ2n) is 5.25. The molecule has 7 heteroatoms. The average Bonchev–Trinajstić information content (AvgIpc) is 2.45. The topological polar surface area (TPSA) is 102 Å². The average molecular weight is 294 g/mol. The van der Waals surface area contributed by atoms with Gasteiger partial charge in [0.1, 0.15) is 5.56 Å². The van der Waals surface area contributed by atoms with Crippen LogP contribution in [-0.4, -0.2) is 41.3 Å². The number of para-hydroxylation sites is 1. The van der Waals surface area contributed by atoms with E-state index < -0.39 is 16.4 Å². The molecular weight excluding hydrogens is 276 g/mol. The van der Waals surface area contributed by atoms with Crippen LogP contribution >= 0.6 is 0 Å². The maximum Gasteiger partial charge on any atom is 0.285 e. The summed E-state index contributed by atoms with van der Waals surface area (Å²) >= 11 is 0. The number of aryl methyl sites for hydroxylation is 1. The molecule has 1 fully saturated rings. The van der Waals surface area contributed by atoms with Gasteiger partial charge in [0.15, 0.2) is 0 Å². The first kappa shape index (κ1) is 15.4. The Hall–Kier alpha value is -1.99. The molecule has 1 heterocycles. The summed E-state index contributed by atoms with van der Waals surface area (Å²) in [4.78, 5) is 22.7. The fourth-order valence-electron chi connectivity index (χ4n) is 2.35. The quantitative estimate of drug-likeness (QED) is 0.641. The number of nitro groups is 1. The molecule has 114 valence electrons. The van der Waals surface area contributed by atoms with Crippen molar-refractivity contribution in [3.63, 3.8) is 0 Å². The summed E-state index contributed by atoms with van der Waals surface area (Å²) < 4.78 is 5.16. The molecule has 1 aliphatic rings. The van der Waals surface area contributed by atoms with Gasteiger partial charge in [-0.2, -0.15) is 0 Å². The highest BCUT2D eigenvalue weighted by atomic mass is 16.6. The predicted octanol–water partition coefficient (Wildman–Crippen LogP) is 1.17. The Morgan fingerprint density at radius 1 is 1.48 bits per heavy atom. The molecule has 2 N–H and O–H groups in total. The van der Waals surface area contributed by atoms with Gasteiger partial charge < -0.3 is 15.2 Å². The van der Waals surface area contributed by atoms with Crippen LogP contribution in [0.15, 0.2) is 18.2 Å². The van der Waals surface area contributed by atoms with Crippen molar-refractivity contribution in [2.45, 2.75) is 25.4 Å². The summed E-state index contributed by atoms with van der Waals surface area (Å²) in [6.45, 7) is 2.52.